The molecule has 0 spiro atoms. The molecule has 0 amide bonds. The van der Waals surface area contributed by atoms with Gasteiger partial charge in [-0.15, -0.1) is 11.6 Å². The fourth-order valence-electron chi connectivity index (χ4n) is 0.550. The Morgan fingerprint density at radius 2 is 2.27 bits per heavy atom. The standard InChI is InChI=1S/C7H13ClO3/c1-3-11-7(10)4-6(8)5(2)9/h5-6,9H,3-4H2,1-2H3/t5-,6-/m1/s1. The Kier molecular flexibility index (Phi) is 5.24. The lowest BCUT2D eigenvalue weighted by Crippen LogP contribution is -2.21. The molecule has 11 heavy (non-hydrogen) atoms. The number of alkyl halides is 1. The Morgan fingerprint density at radius 1 is 1.73 bits per heavy atom. The molecule has 0 aromatic rings. The number of ether oxygens (including phenoxy) is 1. The second kappa shape index (κ2) is 5.38. The smallest absolute Gasteiger partial charge is 0.307 e. The Bertz CT molecular complexity index is 125. The van der Waals surface area contributed by atoms with E-state index in [4.69, 9.17) is 16.7 Å². The average molecular weight is 181 g/mol. The van der Waals surface area contributed by atoms with Gasteiger partial charge in [0, 0.05) is 0 Å². The molecule has 3 nitrogen and oxygen atoms in total. The van der Waals surface area contributed by atoms with Crippen LogP contribution >= 0.6 is 11.6 Å². The summed E-state index contributed by atoms with van der Waals surface area (Å²) in [6.45, 7) is 3.61. The van der Waals surface area contributed by atoms with Crippen molar-refractivity contribution >= 4 is 17.6 Å². The summed E-state index contributed by atoms with van der Waals surface area (Å²) in [5.41, 5.74) is 0. The van der Waals surface area contributed by atoms with E-state index in [0.29, 0.717) is 6.61 Å². The van der Waals surface area contributed by atoms with E-state index >= 15 is 0 Å². The Labute approximate surface area is 71.3 Å². The molecule has 0 saturated heterocycles. The summed E-state index contributed by atoms with van der Waals surface area (Å²) in [5.74, 6) is -0.367. The highest BCUT2D eigenvalue weighted by Gasteiger charge is 2.16. The molecule has 0 aliphatic rings. The third-order valence-electron chi connectivity index (χ3n) is 1.19. The fourth-order valence-corrected chi connectivity index (χ4v) is 0.676. The van der Waals surface area contributed by atoms with Crippen LogP contribution in [0.3, 0.4) is 0 Å². The number of aliphatic hydroxyl groups excluding tert-OH is 1. The largest absolute Gasteiger partial charge is 0.466 e. The van der Waals surface area contributed by atoms with E-state index in [1.807, 2.05) is 0 Å². The number of hydrogen-bond acceptors (Lipinski definition) is 3. The van der Waals surface area contributed by atoms with E-state index in [2.05, 4.69) is 4.74 Å². The molecule has 0 aliphatic carbocycles. The second-order valence-corrected chi connectivity index (χ2v) is 2.83. The van der Waals surface area contributed by atoms with Crippen LogP contribution in [0.5, 0.6) is 0 Å². The monoisotopic (exact) mass is 180 g/mol. The lowest BCUT2D eigenvalue weighted by molar-refractivity contribution is -0.143. The molecule has 4 heteroatoms. The van der Waals surface area contributed by atoms with Gasteiger partial charge in [-0.1, -0.05) is 0 Å². The quantitative estimate of drug-likeness (QED) is 0.517. The third-order valence-corrected chi connectivity index (χ3v) is 1.71. The minimum absolute atomic E-state index is 0.0626. The number of hydrogen-bond donors (Lipinski definition) is 1. The number of carbonyl (C=O) groups excluding carboxylic acids is 1. The van der Waals surface area contributed by atoms with E-state index < -0.39 is 11.5 Å². The minimum Gasteiger partial charge on any atom is -0.466 e. The number of carbonyl (C=O) groups is 1. The number of aliphatic hydroxyl groups is 1. The normalized spacial score (nSPS) is 15.6. The molecule has 0 aromatic heterocycles. The Balaban J connectivity index is 3.57. The number of halogens is 1. The van der Waals surface area contributed by atoms with E-state index in [1.165, 1.54) is 6.92 Å². The zero-order valence-electron chi connectivity index (χ0n) is 6.71. The van der Waals surface area contributed by atoms with Gasteiger partial charge in [-0.3, -0.25) is 4.79 Å². The van der Waals surface area contributed by atoms with Crippen LogP contribution in [-0.4, -0.2) is 29.2 Å². The summed E-state index contributed by atoms with van der Waals surface area (Å²) < 4.78 is 4.63. The molecule has 0 saturated carbocycles. The van der Waals surface area contributed by atoms with E-state index in [-0.39, 0.29) is 12.4 Å². The van der Waals surface area contributed by atoms with Crippen molar-refractivity contribution in [2.45, 2.75) is 31.7 Å². The SMILES string of the molecule is CCOC(=O)C[C@@H](Cl)[C@@H](C)O. The molecule has 1 N–H and O–H groups in total. The first-order chi connectivity index (χ1) is 5.07. The molecule has 66 valence electrons. The van der Waals surface area contributed by atoms with Crippen molar-refractivity contribution in [2.75, 3.05) is 6.61 Å². The van der Waals surface area contributed by atoms with Gasteiger partial charge >= 0.3 is 5.97 Å². The van der Waals surface area contributed by atoms with E-state index in [1.54, 1.807) is 6.92 Å². The third kappa shape index (κ3) is 5.04. The molecule has 0 bridgehead atoms. The van der Waals surface area contributed by atoms with Crippen molar-refractivity contribution in [1.29, 1.82) is 0 Å². The molecule has 0 aliphatic heterocycles. The molecule has 0 fully saturated rings. The van der Waals surface area contributed by atoms with Gasteiger partial charge in [0.1, 0.15) is 0 Å². The second-order valence-electron chi connectivity index (χ2n) is 2.27. The molecular formula is C7H13ClO3. The van der Waals surface area contributed by atoms with Gasteiger partial charge in [0.25, 0.3) is 0 Å². The van der Waals surface area contributed by atoms with Crippen LogP contribution in [0.15, 0.2) is 0 Å². The molecule has 0 aromatic carbocycles. The summed E-state index contributed by atoms with van der Waals surface area (Å²) in [6, 6.07) is 0. The maximum absolute atomic E-state index is 10.7. The Hall–Kier alpha value is -0.280. The first-order valence-corrected chi connectivity index (χ1v) is 3.99. The highest BCUT2D eigenvalue weighted by atomic mass is 35.5. The highest BCUT2D eigenvalue weighted by Crippen LogP contribution is 2.07. The zero-order chi connectivity index (χ0) is 8.85. The van der Waals surface area contributed by atoms with E-state index in [9.17, 15) is 4.79 Å². The van der Waals surface area contributed by atoms with Crippen molar-refractivity contribution in [2.24, 2.45) is 0 Å². The minimum atomic E-state index is -0.680. The summed E-state index contributed by atoms with van der Waals surface area (Å²) >= 11 is 5.60. The predicted molar refractivity (Wildman–Crippen MR) is 42.6 cm³/mol. The van der Waals surface area contributed by atoms with Gasteiger partial charge in [0.05, 0.1) is 24.5 Å². The van der Waals surface area contributed by atoms with Crippen molar-refractivity contribution in [3.63, 3.8) is 0 Å². The number of esters is 1. The van der Waals surface area contributed by atoms with Crippen molar-refractivity contribution in [1.82, 2.24) is 0 Å². The van der Waals surface area contributed by atoms with Gasteiger partial charge in [0.15, 0.2) is 0 Å². The topological polar surface area (TPSA) is 46.5 Å². The summed E-state index contributed by atoms with van der Waals surface area (Å²) in [6.07, 6.45) is -0.617. The number of rotatable bonds is 4. The first kappa shape index (κ1) is 10.7. The molecule has 0 radical (unpaired) electrons. The highest BCUT2D eigenvalue weighted by molar-refractivity contribution is 6.22. The van der Waals surface area contributed by atoms with Gasteiger partial charge in [-0.05, 0) is 13.8 Å². The lowest BCUT2D eigenvalue weighted by atomic mass is 10.2. The van der Waals surface area contributed by atoms with Gasteiger partial charge in [-0.25, -0.2) is 0 Å². The first-order valence-electron chi connectivity index (χ1n) is 3.55. The Morgan fingerprint density at radius 3 is 2.64 bits per heavy atom. The van der Waals surface area contributed by atoms with Crippen LogP contribution in [0.1, 0.15) is 20.3 Å². The van der Waals surface area contributed by atoms with Crippen LogP contribution in [0.25, 0.3) is 0 Å². The fraction of sp³-hybridized carbons (Fsp3) is 0.857. The maximum Gasteiger partial charge on any atom is 0.307 e. The summed E-state index contributed by atoms with van der Waals surface area (Å²) in [7, 11) is 0. The summed E-state index contributed by atoms with van der Waals surface area (Å²) in [4.78, 5) is 10.7. The molecule has 0 heterocycles. The van der Waals surface area contributed by atoms with E-state index in [0.717, 1.165) is 0 Å². The molecule has 2 atom stereocenters. The molecule has 0 unspecified atom stereocenters. The molecule has 0 rings (SSSR count). The van der Waals surface area contributed by atoms with Crippen molar-refractivity contribution in [3.8, 4) is 0 Å². The van der Waals surface area contributed by atoms with Crippen LogP contribution < -0.4 is 0 Å². The molecular weight excluding hydrogens is 168 g/mol. The van der Waals surface area contributed by atoms with Crippen LogP contribution in [0, 0.1) is 0 Å². The van der Waals surface area contributed by atoms with Crippen LogP contribution in [0.2, 0.25) is 0 Å². The summed E-state index contributed by atoms with van der Waals surface area (Å²) in [5, 5.41) is 8.35. The predicted octanol–water partition coefficient (Wildman–Crippen LogP) is 0.928. The van der Waals surface area contributed by atoms with Gasteiger partial charge in [0.2, 0.25) is 0 Å². The average Bonchev–Trinajstić information content (AvgIpc) is 1.87. The van der Waals surface area contributed by atoms with Crippen LogP contribution in [0.4, 0.5) is 0 Å². The van der Waals surface area contributed by atoms with Gasteiger partial charge < -0.3 is 9.84 Å². The maximum atomic E-state index is 10.7. The zero-order valence-corrected chi connectivity index (χ0v) is 7.47. The van der Waals surface area contributed by atoms with Gasteiger partial charge in [-0.2, -0.15) is 0 Å². The van der Waals surface area contributed by atoms with Crippen LogP contribution in [-0.2, 0) is 9.53 Å². The lowest BCUT2D eigenvalue weighted by Gasteiger charge is -2.10. The van der Waals surface area contributed by atoms with Crippen molar-refractivity contribution in [3.05, 3.63) is 0 Å². The van der Waals surface area contributed by atoms with Crippen molar-refractivity contribution < 1.29 is 14.6 Å².